The van der Waals surface area contributed by atoms with E-state index in [1.165, 1.54) is 5.57 Å². The third-order valence-electron chi connectivity index (χ3n) is 4.28. The standard InChI is InChI=1S/C19H31ClN4/c1-7-15(4)19(21-18-10-8-17(20)9-11-18)12-13-24(6)23-22-16(5)14(2)3/h7-11,14,16,19,21H,12-13H2,1-6H3/b15-7+,23-22?. The highest BCUT2D eigenvalue weighted by atomic mass is 35.5. The first kappa shape index (κ1) is 20.5. The smallest absolute Gasteiger partial charge is 0.0724 e. The Morgan fingerprint density at radius 2 is 1.88 bits per heavy atom. The first-order valence-electron chi connectivity index (χ1n) is 8.60. The zero-order valence-corrected chi connectivity index (χ0v) is 16.5. The Bertz CT molecular complexity index is 537. The minimum absolute atomic E-state index is 0.243. The topological polar surface area (TPSA) is 40.0 Å². The zero-order valence-electron chi connectivity index (χ0n) is 15.8. The van der Waals surface area contributed by atoms with Gasteiger partial charge in [0.15, 0.2) is 0 Å². The molecule has 0 aromatic heterocycles. The molecule has 0 aliphatic heterocycles. The Morgan fingerprint density at radius 3 is 2.42 bits per heavy atom. The fourth-order valence-electron chi connectivity index (χ4n) is 2.03. The number of allylic oxidation sites excluding steroid dienone is 1. The van der Waals surface area contributed by atoms with Crippen molar-refractivity contribution in [3.05, 3.63) is 40.9 Å². The molecule has 0 aliphatic carbocycles. The molecule has 134 valence electrons. The molecule has 5 heteroatoms. The monoisotopic (exact) mass is 350 g/mol. The van der Waals surface area contributed by atoms with Crippen molar-refractivity contribution in [1.29, 1.82) is 0 Å². The van der Waals surface area contributed by atoms with Gasteiger partial charge in [-0.25, -0.2) is 0 Å². The van der Waals surface area contributed by atoms with Crippen LogP contribution in [0.3, 0.4) is 0 Å². The van der Waals surface area contributed by atoms with E-state index in [0.717, 1.165) is 23.7 Å². The predicted molar refractivity (Wildman–Crippen MR) is 105 cm³/mol. The summed E-state index contributed by atoms with van der Waals surface area (Å²) in [4.78, 5) is 0. The Balaban J connectivity index is 2.62. The molecule has 0 aliphatic rings. The minimum atomic E-state index is 0.243. The van der Waals surface area contributed by atoms with Crippen LogP contribution in [0.15, 0.2) is 46.3 Å². The van der Waals surface area contributed by atoms with Crippen LogP contribution in [0.25, 0.3) is 0 Å². The Kier molecular flexibility index (Phi) is 8.83. The lowest BCUT2D eigenvalue weighted by Crippen LogP contribution is -2.26. The van der Waals surface area contributed by atoms with E-state index in [2.05, 4.69) is 56.3 Å². The summed E-state index contributed by atoms with van der Waals surface area (Å²) in [6.45, 7) is 11.5. The lowest BCUT2D eigenvalue weighted by Gasteiger charge is -2.23. The molecule has 0 bridgehead atoms. The molecule has 0 saturated carbocycles. The summed E-state index contributed by atoms with van der Waals surface area (Å²) in [5.41, 5.74) is 2.38. The highest BCUT2D eigenvalue weighted by Crippen LogP contribution is 2.18. The number of rotatable bonds is 9. The molecule has 1 aromatic rings. The van der Waals surface area contributed by atoms with Crippen molar-refractivity contribution < 1.29 is 0 Å². The average Bonchev–Trinajstić information content (AvgIpc) is 2.57. The number of nitrogens with zero attached hydrogens (tertiary/aromatic N) is 3. The van der Waals surface area contributed by atoms with Gasteiger partial charge in [-0.2, -0.15) is 5.11 Å². The van der Waals surface area contributed by atoms with Crippen LogP contribution in [-0.2, 0) is 0 Å². The van der Waals surface area contributed by atoms with Crippen molar-refractivity contribution in [3.8, 4) is 0 Å². The fraction of sp³-hybridized carbons (Fsp3) is 0.579. The number of hydrogen-bond acceptors (Lipinski definition) is 3. The van der Waals surface area contributed by atoms with Gasteiger partial charge in [-0.15, -0.1) is 0 Å². The van der Waals surface area contributed by atoms with Gasteiger partial charge in [0.05, 0.1) is 6.04 Å². The molecule has 0 saturated heterocycles. The summed E-state index contributed by atoms with van der Waals surface area (Å²) in [5.74, 6) is 0.506. The first-order chi connectivity index (χ1) is 11.3. The number of halogens is 1. The SMILES string of the molecule is C/C=C(\C)C(CCN(C)N=NC(C)C(C)C)Nc1ccc(Cl)cc1. The molecule has 0 heterocycles. The van der Waals surface area contributed by atoms with Crippen LogP contribution < -0.4 is 5.32 Å². The van der Waals surface area contributed by atoms with Gasteiger partial charge in [0.25, 0.3) is 0 Å². The van der Waals surface area contributed by atoms with Crippen LogP contribution in [0, 0.1) is 5.92 Å². The van der Waals surface area contributed by atoms with Crippen LogP contribution >= 0.6 is 11.6 Å². The summed E-state index contributed by atoms with van der Waals surface area (Å²) < 4.78 is 0. The van der Waals surface area contributed by atoms with Crippen LogP contribution in [-0.4, -0.2) is 30.7 Å². The highest BCUT2D eigenvalue weighted by molar-refractivity contribution is 6.30. The molecule has 1 N–H and O–H groups in total. The fourth-order valence-corrected chi connectivity index (χ4v) is 2.15. The number of anilines is 1. The lowest BCUT2D eigenvalue weighted by atomic mass is 10.0. The molecule has 2 unspecified atom stereocenters. The van der Waals surface area contributed by atoms with Gasteiger partial charge >= 0.3 is 0 Å². The predicted octanol–water partition coefficient (Wildman–Crippen LogP) is 5.82. The number of hydrogen-bond donors (Lipinski definition) is 1. The van der Waals surface area contributed by atoms with E-state index < -0.39 is 0 Å². The molecule has 0 fully saturated rings. The third kappa shape index (κ3) is 7.35. The van der Waals surface area contributed by atoms with Crippen molar-refractivity contribution in [2.75, 3.05) is 18.9 Å². The van der Waals surface area contributed by atoms with Crippen LogP contribution in [0.1, 0.15) is 41.0 Å². The summed E-state index contributed by atoms with van der Waals surface area (Å²) >= 11 is 5.95. The highest BCUT2D eigenvalue weighted by Gasteiger charge is 2.12. The van der Waals surface area contributed by atoms with Crippen molar-refractivity contribution in [2.24, 2.45) is 16.3 Å². The van der Waals surface area contributed by atoms with Gasteiger partial charge in [-0.3, -0.25) is 5.01 Å². The zero-order chi connectivity index (χ0) is 18.1. The van der Waals surface area contributed by atoms with Gasteiger partial charge in [0.2, 0.25) is 0 Å². The van der Waals surface area contributed by atoms with Crippen LogP contribution in [0.2, 0.25) is 5.02 Å². The molecule has 4 nitrogen and oxygen atoms in total. The molecule has 1 rings (SSSR count). The number of nitrogens with one attached hydrogen (secondary N) is 1. The van der Waals surface area contributed by atoms with E-state index in [-0.39, 0.29) is 12.1 Å². The molecular formula is C19H31ClN4. The van der Waals surface area contributed by atoms with Gasteiger partial charge in [0.1, 0.15) is 0 Å². The molecular weight excluding hydrogens is 320 g/mol. The third-order valence-corrected chi connectivity index (χ3v) is 4.53. The maximum atomic E-state index is 5.95. The minimum Gasteiger partial charge on any atom is -0.379 e. The van der Waals surface area contributed by atoms with Gasteiger partial charge in [0, 0.05) is 30.3 Å². The molecule has 24 heavy (non-hydrogen) atoms. The van der Waals surface area contributed by atoms with Crippen molar-refractivity contribution in [1.82, 2.24) is 5.01 Å². The average molecular weight is 351 g/mol. The molecule has 2 atom stereocenters. The summed E-state index contributed by atoms with van der Waals surface area (Å²) in [6.07, 6.45) is 3.10. The summed E-state index contributed by atoms with van der Waals surface area (Å²) in [6, 6.07) is 8.32. The second kappa shape index (κ2) is 10.3. The first-order valence-corrected chi connectivity index (χ1v) is 8.98. The van der Waals surface area contributed by atoms with Crippen molar-refractivity contribution >= 4 is 17.3 Å². The van der Waals surface area contributed by atoms with Crippen molar-refractivity contribution in [3.63, 3.8) is 0 Å². The second-order valence-corrected chi connectivity index (χ2v) is 7.03. The lowest BCUT2D eigenvalue weighted by molar-refractivity contribution is 0.304. The molecule has 1 aromatic carbocycles. The van der Waals surface area contributed by atoms with E-state index >= 15 is 0 Å². The van der Waals surface area contributed by atoms with Crippen LogP contribution in [0.4, 0.5) is 5.69 Å². The normalized spacial score (nSPS) is 14.9. The Morgan fingerprint density at radius 1 is 1.25 bits per heavy atom. The van der Waals surface area contributed by atoms with Gasteiger partial charge in [-0.05, 0) is 57.4 Å². The van der Waals surface area contributed by atoms with Crippen LogP contribution in [0.5, 0.6) is 0 Å². The number of benzene rings is 1. The van der Waals surface area contributed by atoms with E-state index in [9.17, 15) is 0 Å². The Hall–Kier alpha value is -1.55. The maximum Gasteiger partial charge on any atom is 0.0724 e. The van der Waals surface area contributed by atoms with E-state index in [1.807, 2.05) is 36.3 Å². The van der Waals surface area contributed by atoms with E-state index in [0.29, 0.717) is 5.92 Å². The molecule has 0 radical (unpaired) electrons. The van der Waals surface area contributed by atoms with Crippen molar-refractivity contribution in [2.45, 2.75) is 53.1 Å². The summed E-state index contributed by atoms with van der Waals surface area (Å²) in [5, 5.41) is 14.9. The maximum absolute atomic E-state index is 5.95. The van der Waals surface area contributed by atoms with E-state index in [1.54, 1.807) is 0 Å². The van der Waals surface area contributed by atoms with Gasteiger partial charge < -0.3 is 5.32 Å². The molecule has 0 amide bonds. The second-order valence-electron chi connectivity index (χ2n) is 6.60. The Labute approximate surface area is 152 Å². The quantitative estimate of drug-likeness (QED) is 0.346. The van der Waals surface area contributed by atoms with Gasteiger partial charge in [-0.1, -0.05) is 42.3 Å². The summed E-state index contributed by atoms with van der Waals surface area (Å²) in [7, 11) is 1.97. The molecule has 0 spiro atoms. The largest absolute Gasteiger partial charge is 0.379 e. The van der Waals surface area contributed by atoms with E-state index in [4.69, 9.17) is 11.6 Å².